The molecule has 3 aromatic rings. The average Bonchev–Trinajstić information content (AvgIpc) is 3.16. The summed E-state index contributed by atoms with van der Waals surface area (Å²) in [5, 5.41) is 8.09. The SMILES string of the molecule is CC(Sc1cccc(NC(=O)c2cccs2)c1)C(=O)Nc1cc(Cl)cc(Cl)c1. The number of thiophene rings is 1. The maximum Gasteiger partial charge on any atom is 0.265 e. The van der Waals surface area contributed by atoms with E-state index in [-0.39, 0.29) is 17.1 Å². The Kier molecular flexibility index (Phi) is 7.02. The van der Waals surface area contributed by atoms with Crippen molar-refractivity contribution in [1.82, 2.24) is 0 Å². The lowest BCUT2D eigenvalue weighted by Gasteiger charge is -2.13. The van der Waals surface area contributed by atoms with Crippen LogP contribution in [0.2, 0.25) is 10.0 Å². The van der Waals surface area contributed by atoms with Crippen LogP contribution in [0.1, 0.15) is 16.6 Å². The molecular formula is C20H16Cl2N2O2S2. The van der Waals surface area contributed by atoms with Crippen LogP contribution in [0.25, 0.3) is 0 Å². The van der Waals surface area contributed by atoms with E-state index in [1.807, 2.05) is 42.6 Å². The van der Waals surface area contributed by atoms with Gasteiger partial charge in [-0.15, -0.1) is 23.1 Å². The van der Waals surface area contributed by atoms with Crippen LogP contribution in [-0.2, 0) is 4.79 Å². The van der Waals surface area contributed by atoms with Crippen molar-refractivity contribution < 1.29 is 9.59 Å². The minimum Gasteiger partial charge on any atom is -0.325 e. The normalized spacial score (nSPS) is 11.7. The lowest BCUT2D eigenvalue weighted by molar-refractivity contribution is -0.115. The van der Waals surface area contributed by atoms with Gasteiger partial charge in [-0.25, -0.2) is 0 Å². The Morgan fingerprint density at radius 1 is 0.964 bits per heavy atom. The second-order valence-electron chi connectivity index (χ2n) is 5.87. The summed E-state index contributed by atoms with van der Waals surface area (Å²) in [6.07, 6.45) is 0. The first kappa shape index (κ1) is 20.7. The van der Waals surface area contributed by atoms with Crippen LogP contribution in [0.3, 0.4) is 0 Å². The van der Waals surface area contributed by atoms with E-state index in [2.05, 4.69) is 10.6 Å². The molecule has 8 heteroatoms. The molecule has 0 saturated heterocycles. The molecule has 1 unspecified atom stereocenters. The van der Waals surface area contributed by atoms with E-state index in [4.69, 9.17) is 23.2 Å². The molecule has 2 aromatic carbocycles. The number of anilines is 2. The van der Waals surface area contributed by atoms with Crippen LogP contribution in [0.15, 0.2) is 64.9 Å². The maximum atomic E-state index is 12.5. The number of hydrogen-bond donors (Lipinski definition) is 2. The van der Waals surface area contributed by atoms with Crippen molar-refractivity contribution in [2.45, 2.75) is 17.1 Å². The van der Waals surface area contributed by atoms with E-state index >= 15 is 0 Å². The molecule has 0 fully saturated rings. The zero-order valence-electron chi connectivity index (χ0n) is 14.7. The average molecular weight is 451 g/mol. The van der Waals surface area contributed by atoms with Gasteiger partial charge in [0, 0.05) is 26.3 Å². The van der Waals surface area contributed by atoms with Gasteiger partial charge < -0.3 is 10.6 Å². The van der Waals surface area contributed by atoms with Crippen LogP contribution in [0.5, 0.6) is 0 Å². The number of nitrogens with one attached hydrogen (secondary N) is 2. The number of amides is 2. The molecule has 2 N–H and O–H groups in total. The van der Waals surface area contributed by atoms with Crippen LogP contribution in [-0.4, -0.2) is 17.1 Å². The largest absolute Gasteiger partial charge is 0.325 e. The van der Waals surface area contributed by atoms with Crippen LogP contribution in [0, 0.1) is 0 Å². The van der Waals surface area contributed by atoms with Crippen molar-refractivity contribution in [1.29, 1.82) is 0 Å². The summed E-state index contributed by atoms with van der Waals surface area (Å²) in [4.78, 5) is 26.2. The van der Waals surface area contributed by atoms with Crippen molar-refractivity contribution in [2.75, 3.05) is 10.6 Å². The quantitative estimate of drug-likeness (QED) is 0.425. The molecule has 0 aliphatic rings. The maximum absolute atomic E-state index is 12.5. The van der Waals surface area contributed by atoms with Gasteiger partial charge in [-0.1, -0.05) is 35.3 Å². The Bertz CT molecular complexity index is 973. The van der Waals surface area contributed by atoms with E-state index in [1.165, 1.54) is 23.1 Å². The van der Waals surface area contributed by atoms with Gasteiger partial charge in [0.05, 0.1) is 10.1 Å². The fraction of sp³-hybridized carbons (Fsp3) is 0.100. The van der Waals surface area contributed by atoms with Gasteiger partial charge in [-0.3, -0.25) is 9.59 Å². The van der Waals surface area contributed by atoms with E-state index in [1.54, 1.807) is 24.3 Å². The monoisotopic (exact) mass is 450 g/mol. The Morgan fingerprint density at radius 2 is 1.71 bits per heavy atom. The molecule has 1 heterocycles. The van der Waals surface area contributed by atoms with Gasteiger partial charge in [0.1, 0.15) is 0 Å². The molecular weight excluding hydrogens is 435 g/mol. The Labute approximate surface area is 181 Å². The Balaban J connectivity index is 1.62. The van der Waals surface area contributed by atoms with E-state index in [0.717, 1.165) is 4.90 Å². The highest BCUT2D eigenvalue weighted by atomic mass is 35.5. The van der Waals surface area contributed by atoms with Crippen molar-refractivity contribution in [3.05, 3.63) is 74.9 Å². The number of benzene rings is 2. The molecule has 1 atom stereocenters. The molecule has 0 bridgehead atoms. The molecule has 3 rings (SSSR count). The fourth-order valence-corrected chi connectivity index (χ4v) is 4.45. The summed E-state index contributed by atoms with van der Waals surface area (Å²) in [6.45, 7) is 1.81. The first-order valence-corrected chi connectivity index (χ1v) is 10.8. The first-order chi connectivity index (χ1) is 13.4. The minimum atomic E-state index is -0.360. The summed E-state index contributed by atoms with van der Waals surface area (Å²) in [5.41, 5.74) is 1.23. The number of rotatable bonds is 6. The summed E-state index contributed by atoms with van der Waals surface area (Å²) < 4.78 is 0. The van der Waals surface area contributed by atoms with Gasteiger partial charge in [-0.2, -0.15) is 0 Å². The molecule has 4 nitrogen and oxygen atoms in total. The van der Waals surface area contributed by atoms with E-state index < -0.39 is 0 Å². The number of thioether (sulfide) groups is 1. The van der Waals surface area contributed by atoms with Crippen LogP contribution in [0.4, 0.5) is 11.4 Å². The van der Waals surface area contributed by atoms with Gasteiger partial charge in [0.25, 0.3) is 5.91 Å². The topological polar surface area (TPSA) is 58.2 Å². The lowest BCUT2D eigenvalue weighted by atomic mass is 10.3. The summed E-state index contributed by atoms with van der Waals surface area (Å²) in [6, 6.07) is 15.9. The highest BCUT2D eigenvalue weighted by Crippen LogP contribution is 2.28. The predicted molar refractivity (Wildman–Crippen MR) is 119 cm³/mol. The zero-order valence-corrected chi connectivity index (χ0v) is 17.9. The molecule has 0 aliphatic carbocycles. The third-order valence-electron chi connectivity index (χ3n) is 3.65. The van der Waals surface area contributed by atoms with Gasteiger partial charge in [-0.05, 0) is 54.8 Å². The second-order valence-corrected chi connectivity index (χ2v) is 9.10. The van der Waals surface area contributed by atoms with Gasteiger partial charge in [0.2, 0.25) is 5.91 Å². The molecule has 144 valence electrons. The zero-order chi connectivity index (χ0) is 20.1. The highest BCUT2D eigenvalue weighted by Gasteiger charge is 2.16. The first-order valence-electron chi connectivity index (χ1n) is 8.29. The third kappa shape index (κ3) is 5.75. The number of carbonyl (C=O) groups is 2. The van der Waals surface area contributed by atoms with Crippen LogP contribution < -0.4 is 10.6 Å². The number of hydrogen-bond acceptors (Lipinski definition) is 4. The fourth-order valence-electron chi connectivity index (χ4n) is 2.38. The number of halogens is 2. The standard InChI is InChI=1S/C20H16Cl2N2O2S2/c1-12(19(25)24-16-9-13(21)8-14(22)10-16)28-17-5-2-4-15(11-17)23-20(26)18-6-3-7-27-18/h2-12H,1H3,(H,23,26)(H,24,25). The summed E-state index contributed by atoms with van der Waals surface area (Å²) >= 11 is 14.7. The highest BCUT2D eigenvalue weighted by molar-refractivity contribution is 8.00. The van der Waals surface area contributed by atoms with E-state index in [9.17, 15) is 9.59 Å². The van der Waals surface area contributed by atoms with Gasteiger partial charge in [0.15, 0.2) is 0 Å². The lowest BCUT2D eigenvalue weighted by Crippen LogP contribution is -2.22. The summed E-state index contributed by atoms with van der Waals surface area (Å²) in [5.74, 6) is -0.322. The molecule has 0 saturated carbocycles. The minimum absolute atomic E-state index is 0.152. The van der Waals surface area contributed by atoms with Crippen molar-refractivity contribution in [3.8, 4) is 0 Å². The second kappa shape index (κ2) is 9.47. The van der Waals surface area contributed by atoms with Crippen molar-refractivity contribution >= 4 is 69.5 Å². The predicted octanol–water partition coefficient (Wildman–Crippen LogP) is 6.43. The molecule has 28 heavy (non-hydrogen) atoms. The third-order valence-corrected chi connectivity index (χ3v) is 6.05. The molecule has 0 spiro atoms. The molecule has 0 aliphatic heterocycles. The smallest absolute Gasteiger partial charge is 0.265 e. The van der Waals surface area contributed by atoms with E-state index in [0.29, 0.717) is 26.3 Å². The van der Waals surface area contributed by atoms with Crippen LogP contribution >= 0.6 is 46.3 Å². The number of carbonyl (C=O) groups excluding carboxylic acids is 2. The Morgan fingerprint density at radius 3 is 2.39 bits per heavy atom. The van der Waals surface area contributed by atoms with Gasteiger partial charge >= 0.3 is 0 Å². The molecule has 2 amide bonds. The van der Waals surface area contributed by atoms with Crippen molar-refractivity contribution in [2.24, 2.45) is 0 Å². The Hall–Kier alpha value is -1.99. The molecule has 0 radical (unpaired) electrons. The summed E-state index contributed by atoms with van der Waals surface area (Å²) in [7, 11) is 0. The molecule has 1 aromatic heterocycles. The van der Waals surface area contributed by atoms with Crippen molar-refractivity contribution in [3.63, 3.8) is 0 Å².